The predicted octanol–water partition coefficient (Wildman–Crippen LogP) is 4.95. The molecule has 0 bridgehead atoms. The number of rotatable bonds is 5. The molecule has 5 heteroatoms. The normalized spacial score (nSPS) is 11.0. The summed E-state index contributed by atoms with van der Waals surface area (Å²) in [6, 6.07) is 11.5. The Bertz CT molecular complexity index is 781. The number of nitriles is 1. The van der Waals surface area contributed by atoms with Crippen LogP contribution in [0.4, 0.5) is 4.39 Å². The molecule has 0 saturated carbocycles. The Morgan fingerprint density at radius 2 is 2.09 bits per heavy atom. The van der Waals surface area contributed by atoms with E-state index in [4.69, 9.17) is 21.1 Å². The molecule has 0 saturated heterocycles. The summed E-state index contributed by atoms with van der Waals surface area (Å²) in [5.41, 5.74) is 1.06. The quantitative estimate of drug-likeness (QED) is 0.575. The maximum absolute atomic E-state index is 13.9. The van der Waals surface area contributed by atoms with Crippen LogP contribution in [0.1, 0.15) is 18.1 Å². The molecule has 0 N–H and O–H groups in total. The minimum atomic E-state index is -0.454. The molecular weight excluding hydrogens is 317 g/mol. The average molecular weight is 332 g/mol. The number of hydrogen-bond donors (Lipinski definition) is 0. The van der Waals surface area contributed by atoms with E-state index in [1.165, 1.54) is 13.2 Å². The first-order chi connectivity index (χ1) is 11.1. The second-order valence-electron chi connectivity index (χ2n) is 4.62. The van der Waals surface area contributed by atoms with Crippen LogP contribution in [-0.4, -0.2) is 13.7 Å². The van der Waals surface area contributed by atoms with Crippen molar-refractivity contribution < 1.29 is 13.9 Å². The van der Waals surface area contributed by atoms with Gasteiger partial charge in [0.25, 0.3) is 0 Å². The number of ether oxygens (including phenoxy) is 2. The maximum atomic E-state index is 13.9. The van der Waals surface area contributed by atoms with E-state index in [9.17, 15) is 9.65 Å². The molecule has 23 heavy (non-hydrogen) atoms. The van der Waals surface area contributed by atoms with Crippen molar-refractivity contribution in [2.75, 3.05) is 13.7 Å². The number of nitrogens with zero attached hydrogens (tertiary/aromatic N) is 1. The van der Waals surface area contributed by atoms with Crippen molar-refractivity contribution in [3.05, 3.63) is 58.4 Å². The van der Waals surface area contributed by atoms with Gasteiger partial charge < -0.3 is 9.47 Å². The summed E-state index contributed by atoms with van der Waals surface area (Å²) in [4.78, 5) is 0. The summed E-state index contributed by atoms with van der Waals surface area (Å²) < 4.78 is 24.6. The molecule has 0 amide bonds. The van der Waals surface area contributed by atoms with Crippen molar-refractivity contribution in [1.82, 2.24) is 0 Å². The third-order valence-electron chi connectivity index (χ3n) is 3.13. The zero-order valence-electron chi connectivity index (χ0n) is 12.8. The number of hydrogen-bond acceptors (Lipinski definition) is 3. The van der Waals surface area contributed by atoms with Crippen LogP contribution in [0.25, 0.3) is 11.6 Å². The summed E-state index contributed by atoms with van der Waals surface area (Å²) in [5, 5.41) is 9.69. The van der Waals surface area contributed by atoms with E-state index in [0.29, 0.717) is 28.7 Å². The van der Waals surface area contributed by atoms with Gasteiger partial charge in [0.2, 0.25) is 0 Å². The Morgan fingerprint density at radius 3 is 2.70 bits per heavy atom. The average Bonchev–Trinajstić information content (AvgIpc) is 2.53. The van der Waals surface area contributed by atoms with Crippen LogP contribution in [0.5, 0.6) is 11.5 Å². The van der Waals surface area contributed by atoms with Crippen LogP contribution in [0, 0.1) is 17.1 Å². The Labute approximate surface area is 139 Å². The molecule has 0 atom stereocenters. The SMILES string of the molecule is CCOc1cc(/C=C(/C#N)c2ccccc2F)cc(Cl)c1OC. The molecule has 0 aliphatic heterocycles. The molecule has 0 spiro atoms. The van der Waals surface area contributed by atoms with Crippen LogP contribution >= 0.6 is 11.6 Å². The molecule has 118 valence electrons. The minimum Gasteiger partial charge on any atom is -0.491 e. The van der Waals surface area contributed by atoms with E-state index < -0.39 is 5.82 Å². The van der Waals surface area contributed by atoms with Crippen LogP contribution in [0.2, 0.25) is 5.02 Å². The highest BCUT2D eigenvalue weighted by molar-refractivity contribution is 6.32. The number of benzene rings is 2. The summed E-state index contributed by atoms with van der Waals surface area (Å²) >= 11 is 6.18. The molecule has 0 radical (unpaired) electrons. The van der Waals surface area contributed by atoms with E-state index >= 15 is 0 Å². The van der Waals surface area contributed by atoms with Crippen molar-refractivity contribution >= 4 is 23.3 Å². The van der Waals surface area contributed by atoms with Gasteiger partial charge in [-0.05, 0) is 36.8 Å². The Hall–Kier alpha value is -2.51. The lowest BCUT2D eigenvalue weighted by atomic mass is 10.0. The van der Waals surface area contributed by atoms with Gasteiger partial charge in [0.05, 0.1) is 30.4 Å². The molecule has 0 heterocycles. The van der Waals surface area contributed by atoms with E-state index in [1.54, 1.807) is 36.4 Å². The van der Waals surface area contributed by atoms with Crippen molar-refractivity contribution in [3.8, 4) is 17.6 Å². The van der Waals surface area contributed by atoms with Gasteiger partial charge in [-0.15, -0.1) is 0 Å². The largest absolute Gasteiger partial charge is 0.491 e. The van der Waals surface area contributed by atoms with Crippen molar-refractivity contribution in [2.45, 2.75) is 6.92 Å². The first kappa shape index (κ1) is 16.9. The third kappa shape index (κ3) is 3.82. The lowest BCUT2D eigenvalue weighted by Gasteiger charge is -2.12. The summed E-state index contributed by atoms with van der Waals surface area (Å²) in [6.45, 7) is 2.29. The molecule has 2 aromatic carbocycles. The second kappa shape index (κ2) is 7.66. The Kier molecular flexibility index (Phi) is 5.61. The minimum absolute atomic E-state index is 0.201. The summed E-state index contributed by atoms with van der Waals surface area (Å²) in [6.07, 6.45) is 1.56. The highest BCUT2D eigenvalue weighted by Gasteiger charge is 2.12. The molecule has 2 aromatic rings. The van der Waals surface area contributed by atoms with Gasteiger partial charge in [-0.3, -0.25) is 0 Å². The van der Waals surface area contributed by atoms with Crippen LogP contribution in [0.3, 0.4) is 0 Å². The van der Waals surface area contributed by atoms with E-state index in [0.717, 1.165) is 0 Å². The second-order valence-corrected chi connectivity index (χ2v) is 5.02. The van der Waals surface area contributed by atoms with Crippen LogP contribution < -0.4 is 9.47 Å². The van der Waals surface area contributed by atoms with Gasteiger partial charge in [0, 0.05) is 5.56 Å². The Balaban J connectivity index is 2.53. The first-order valence-electron chi connectivity index (χ1n) is 6.97. The fraction of sp³-hybridized carbons (Fsp3) is 0.167. The van der Waals surface area contributed by atoms with E-state index in [1.807, 2.05) is 13.0 Å². The number of methoxy groups -OCH3 is 1. The Morgan fingerprint density at radius 1 is 1.35 bits per heavy atom. The molecular formula is C18H15ClFNO2. The van der Waals surface area contributed by atoms with Gasteiger partial charge in [-0.25, -0.2) is 4.39 Å². The zero-order chi connectivity index (χ0) is 16.8. The van der Waals surface area contributed by atoms with Crippen LogP contribution in [0.15, 0.2) is 36.4 Å². The summed E-state index contributed by atoms with van der Waals surface area (Å²) in [7, 11) is 1.50. The topological polar surface area (TPSA) is 42.2 Å². The van der Waals surface area contributed by atoms with Crippen LogP contribution in [-0.2, 0) is 0 Å². The van der Waals surface area contributed by atoms with E-state index in [2.05, 4.69) is 0 Å². The van der Waals surface area contributed by atoms with Gasteiger partial charge >= 0.3 is 0 Å². The molecule has 0 fully saturated rings. The third-order valence-corrected chi connectivity index (χ3v) is 3.41. The molecule has 0 aliphatic rings. The molecule has 0 unspecified atom stereocenters. The number of halogens is 2. The molecule has 0 aromatic heterocycles. The molecule has 2 rings (SSSR count). The van der Waals surface area contributed by atoms with E-state index in [-0.39, 0.29) is 11.1 Å². The zero-order valence-corrected chi connectivity index (χ0v) is 13.5. The monoisotopic (exact) mass is 331 g/mol. The fourth-order valence-corrected chi connectivity index (χ4v) is 2.45. The highest BCUT2D eigenvalue weighted by Crippen LogP contribution is 2.37. The smallest absolute Gasteiger partial charge is 0.179 e. The van der Waals surface area contributed by atoms with Gasteiger partial charge in [0.15, 0.2) is 11.5 Å². The van der Waals surface area contributed by atoms with Gasteiger partial charge in [-0.1, -0.05) is 29.8 Å². The summed E-state index contributed by atoms with van der Waals surface area (Å²) in [5.74, 6) is 0.444. The standard InChI is InChI=1S/C18H15ClFNO2/c1-3-23-17-10-12(9-15(19)18(17)22-2)8-13(11-21)14-6-4-5-7-16(14)20/h4-10H,3H2,1-2H3/b13-8-. The molecule has 3 nitrogen and oxygen atoms in total. The predicted molar refractivity (Wildman–Crippen MR) is 89.1 cm³/mol. The van der Waals surface area contributed by atoms with Gasteiger partial charge in [0.1, 0.15) is 5.82 Å². The maximum Gasteiger partial charge on any atom is 0.179 e. The lowest BCUT2D eigenvalue weighted by Crippen LogP contribution is -1.96. The molecule has 0 aliphatic carbocycles. The van der Waals surface area contributed by atoms with Crippen molar-refractivity contribution in [2.24, 2.45) is 0 Å². The first-order valence-corrected chi connectivity index (χ1v) is 7.35. The highest BCUT2D eigenvalue weighted by atomic mass is 35.5. The number of allylic oxidation sites excluding steroid dienone is 1. The lowest BCUT2D eigenvalue weighted by molar-refractivity contribution is 0.311. The van der Waals surface area contributed by atoms with Crippen molar-refractivity contribution in [1.29, 1.82) is 5.26 Å². The van der Waals surface area contributed by atoms with Crippen molar-refractivity contribution in [3.63, 3.8) is 0 Å². The fourth-order valence-electron chi connectivity index (χ4n) is 2.15. The van der Waals surface area contributed by atoms with Gasteiger partial charge in [-0.2, -0.15) is 5.26 Å².